The van der Waals surface area contributed by atoms with E-state index in [0.717, 1.165) is 12.8 Å². The number of aromatic nitrogens is 2. The van der Waals surface area contributed by atoms with Crippen molar-refractivity contribution in [1.29, 1.82) is 0 Å². The minimum absolute atomic E-state index is 0.0388. The van der Waals surface area contributed by atoms with Gasteiger partial charge in [0.15, 0.2) is 11.6 Å². The first kappa shape index (κ1) is 17.0. The third-order valence-electron chi connectivity index (χ3n) is 3.59. The summed E-state index contributed by atoms with van der Waals surface area (Å²) in [6.45, 7) is 0. The number of benzene rings is 1. The Kier molecular flexibility index (Phi) is 5.03. The molecule has 1 heterocycles. The van der Waals surface area contributed by atoms with Crippen molar-refractivity contribution >= 4 is 35.0 Å². The van der Waals surface area contributed by atoms with Crippen LogP contribution in [0, 0.1) is 16.0 Å². The monoisotopic (exact) mass is 358 g/mol. The molecular formula is C16H14N4O4S. The van der Waals surface area contributed by atoms with E-state index in [0.29, 0.717) is 16.4 Å². The van der Waals surface area contributed by atoms with Crippen LogP contribution in [0.5, 0.6) is 0 Å². The number of carbonyl (C=O) groups is 2. The molecule has 0 atom stereocenters. The first-order valence-electron chi connectivity index (χ1n) is 7.58. The van der Waals surface area contributed by atoms with E-state index in [1.807, 2.05) is 0 Å². The van der Waals surface area contributed by atoms with Crippen LogP contribution in [-0.4, -0.2) is 32.6 Å². The van der Waals surface area contributed by atoms with Crippen LogP contribution in [0.1, 0.15) is 23.2 Å². The number of Topliss-reactive ketones (excluding diaryl/α,β-unsaturated/α-hetero) is 1. The third-order valence-corrected chi connectivity index (χ3v) is 4.51. The van der Waals surface area contributed by atoms with E-state index in [1.54, 1.807) is 12.1 Å². The quantitative estimate of drug-likeness (QED) is 0.350. The van der Waals surface area contributed by atoms with Gasteiger partial charge in [-0.15, -0.1) is 10.2 Å². The summed E-state index contributed by atoms with van der Waals surface area (Å²) in [5.74, 6) is 0.425. The fourth-order valence-electron chi connectivity index (χ4n) is 2.03. The second kappa shape index (κ2) is 7.39. The zero-order valence-corrected chi connectivity index (χ0v) is 13.9. The highest BCUT2D eigenvalue weighted by Crippen LogP contribution is 2.30. The first-order chi connectivity index (χ1) is 12.0. The van der Waals surface area contributed by atoms with Crippen LogP contribution in [0.25, 0.3) is 0 Å². The number of carbonyl (C=O) groups excluding carboxylic acids is 2. The number of ketones is 1. The fourth-order valence-corrected chi connectivity index (χ4v) is 2.74. The summed E-state index contributed by atoms with van der Waals surface area (Å²) < 4.78 is 0. The van der Waals surface area contributed by atoms with Gasteiger partial charge in [0.05, 0.1) is 10.7 Å². The topological polar surface area (TPSA) is 115 Å². The van der Waals surface area contributed by atoms with Gasteiger partial charge in [0.1, 0.15) is 5.03 Å². The fraction of sp³-hybridized carbons (Fsp3) is 0.250. The van der Waals surface area contributed by atoms with Gasteiger partial charge in [-0.25, -0.2) is 0 Å². The number of thioether (sulfide) groups is 1. The predicted octanol–water partition coefficient (Wildman–Crippen LogP) is 2.71. The van der Waals surface area contributed by atoms with Crippen molar-refractivity contribution in [2.75, 3.05) is 11.1 Å². The molecule has 1 amide bonds. The number of nitro groups is 1. The van der Waals surface area contributed by atoms with E-state index in [-0.39, 0.29) is 29.0 Å². The number of hydrogen-bond acceptors (Lipinski definition) is 7. The number of non-ortho nitro benzene ring substituents is 1. The van der Waals surface area contributed by atoms with Gasteiger partial charge < -0.3 is 5.32 Å². The average Bonchev–Trinajstić information content (AvgIpc) is 3.46. The molecule has 0 radical (unpaired) electrons. The average molecular weight is 358 g/mol. The Morgan fingerprint density at radius 1 is 1.16 bits per heavy atom. The Morgan fingerprint density at radius 2 is 1.88 bits per heavy atom. The molecule has 8 nitrogen and oxygen atoms in total. The molecule has 1 aromatic carbocycles. The highest BCUT2D eigenvalue weighted by atomic mass is 32.2. The zero-order valence-electron chi connectivity index (χ0n) is 13.0. The number of nitro benzene ring substituents is 1. The maximum atomic E-state index is 12.1. The summed E-state index contributed by atoms with van der Waals surface area (Å²) in [4.78, 5) is 33.8. The Morgan fingerprint density at radius 3 is 2.44 bits per heavy atom. The predicted molar refractivity (Wildman–Crippen MR) is 91.5 cm³/mol. The van der Waals surface area contributed by atoms with E-state index in [4.69, 9.17) is 0 Å². The lowest BCUT2D eigenvalue weighted by Crippen LogP contribution is -2.14. The lowest BCUT2D eigenvalue weighted by atomic mass is 10.1. The van der Waals surface area contributed by atoms with Gasteiger partial charge in [0, 0.05) is 23.6 Å². The maximum Gasteiger partial charge on any atom is 0.269 e. The highest BCUT2D eigenvalue weighted by molar-refractivity contribution is 7.99. The summed E-state index contributed by atoms with van der Waals surface area (Å²) >= 11 is 1.21. The van der Waals surface area contributed by atoms with Crippen LogP contribution in [-0.2, 0) is 4.79 Å². The number of amides is 1. The molecule has 1 aliphatic carbocycles. The van der Waals surface area contributed by atoms with Crippen molar-refractivity contribution in [1.82, 2.24) is 10.2 Å². The van der Waals surface area contributed by atoms with Gasteiger partial charge in [-0.05, 0) is 37.1 Å². The molecule has 128 valence electrons. The second-order valence-electron chi connectivity index (χ2n) is 5.54. The third kappa shape index (κ3) is 4.60. The van der Waals surface area contributed by atoms with Crippen LogP contribution < -0.4 is 5.32 Å². The van der Waals surface area contributed by atoms with E-state index < -0.39 is 4.92 Å². The highest BCUT2D eigenvalue weighted by Gasteiger charge is 2.29. The van der Waals surface area contributed by atoms with Gasteiger partial charge in [-0.2, -0.15) is 0 Å². The number of rotatable bonds is 7. The molecule has 9 heteroatoms. The standard InChI is InChI=1S/C16H14N4O4S/c21-13(10-3-5-12(6-4-10)20(23)24)9-25-15-8-7-14(18-19-15)17-16(22)11-1-2-11/h3-8,11H,1-2,9H2,(H,17,18,22). The van der Waals surface area contributed by atoms with Crippen molar-refractivity contribution in [3.63, 3.8) is 0 Å². The molecule has 1 aliphatic rings. The Bertz CT molecular complexity index is 804. The summed E-state index contributed by atoms with van der Waals surface area (Å²) in [6.07, 6.45) is 1.83. The summed E-state index contributed by atoms with van der Waals surface area (Å²) in [7, 11) is 0. The molecule has 0 aliphatic heterocycles. The van der Waals surface area contributed by atoms with Gasteiger partial charge in [0.25, 0.3) is 5.69 Å². The zero-order chi connectivity index (χ0) is 17.8. The van der Waals surface area contributed by atoms with Crippen molar-refractivity contribution < 1.29 is 14.5 Å². The molecule has 0 unspecified atom stereocenters. The van der Waals surface area contributed by atoms with Crippen molar-refractivity contribution in [2.45, 2.75) is 17.9 Å². The smallest absolute Gasteiger partial charge is 0.269 e. The van der Waals surface area contributed by atoms with Crippen LogP contribution >= 0.6 is 11.8 Å². The molecule has 3 rings (SSSR count). The lowest BCUT2D eigenvalue weighted by molar-refractivity contribution is -0.384. The number of nitrogens with zero attached hydrogens (tertiary/aromatic N) is 3. The van der Waals surface area contributed by atoms with Crippen LogP contribution in [0.4, 0.5) is 11.5 Å². The largest absolute Gasteiger partial charge is 0.309 e. The molecule has 1 aromatic heterocycles. The van der Waals surface area contributed by atoms with E-state index in [9.17, 15) is 19.7 Å². The van der Waals surface area contributed by atoms with Crippen LogP contribution in [0.3, 0.4) is 0 Å². The van der Waals surface area contributed by atoms with Gasteiger partial charge in [-0.1, -0.05) is 11.8 Å². The van der Waals surface area contributed by atoms with E-state index in [1.165, 1.54) is 36.0 Å². The molecule has 0 saturated heterocycles. The summed E-state index contributed by atoms with van der Waals surface area (Å²) in [6, 6.07) is 8.80. The molecule has 25 heavy (non-hydrogen) atoms. The van der Waals surface area contributed by atoms with Crippen molar-refractivity contribution in [3.05, 3.63) is 52.1 Å². The summed E-state index contributed by atoms with van der Waals surface area (Å²) in [5, 5.41) is 21.7. The molecule has 1 saturated carbocycles. The van der Waals surface area contributed by atoms with E-state index >= 15 is 0 Å². The van der Waals surface area contributed by atoms with E-state index in [2.05, 4.69) is 15.5 Å². The SMILES string of the molecule is O=C(CSc1ccc(NC(=O)C2CC2)nn1)c1ccc([N+](=O)[O-])cc1. The second-order valence-corrected chi connectivity index (χ2v) is 6.53. The molecule has 0 spiro atoms. The summed E-state index contributed by atoms with van der Waals surface area (Å²) in [5.41, 5.74) is 0.346. The maximum absolute atomic E-state index is 12.1. The Labute approximate surface area is 147 Å². The minimum atomic E-state index is -0.512. The van der Waals surface area contributed by atoms with Crippen LogP contribution in [0.2, 0.25) is 0 Å². The Hall–Kier alpha value is -2.81. The van der Waals surface area contributed by atoms with Crippen molar-refractivity contribution in [2.24, 2.45) is 5.92 Å². The lowest BCUT2D eigenvalue weighted by Gasteiger charge is -2.04. The molecule has 1 N–H and O–H groups in total. The Balaban J connectivity index is 1.52. The molecule has 2 aromatic rings. The van der Waals surface area contributed by atoms with Crippen molar-refractivity contribution in [3.8, 4) is 0 Å². The van der Waals surface area contributed by atoms with Gasteiger partial charge >= 0.3 is 0 Å². The normalized spacial score (nSPS) is 13.3. The number of hydrogen-bond donors (Lipinski definition) is 1. The molecule has 0 bridgehead atoms. The minimum Gasteiger partial charge on any atom is -0.309 e. The number of anilines is 1. The van der Waals surface area contributed by atoms with Crippen LogP contribution in [0.15, 0.2) is 41.4 Å². The number of nitrogens with one attached hydrogen (secondary N) is 1. The first-order valence-corrected chi connectivity index (χ1v) is 8.56. The molecular weight excluding hydrogens is 344 g/mol. The molecule has 1 fully saturated rings. The van der Waals surface area contributed by atoms with Gasteiger partial charge in [-0.3, -0.25) is 19.7 Å². The van der Waals surface area contributed by atoms with Gasteiger partial charge in [0.2, 0.25) is 5.91 Å².